The quantitative estimate of drug-likeness (QED) is 0.860. The van der Waals surface area contributed by atoms with Gasteiger partial charge in [-0.1, -0.05) is 0 Å². The number of ether oxygens (including phenoxy) is 1. The molecule has 1 aromatic carbocycles. The Kier molecular flexibility index (Phi) is 3.53. The van der Waals surface area contributed by atoms with Crippen LogP contribution in [0.15, 0.2) is 18.2 Å². The molecule has 6 heteroatoms. The van der Waals surface area contributed by atoms with E-state index in [0.29, 0.717) is 16.0 Å². The molecule has 0 amide bonds. The monoisotopic (exact) mass is 283 g/mol. The van der Waals surface area contributed by atoms with Crippen LogP contribution < -0.4 is 5.73 Å². The molecule has 0 saturated heterocycles. The van der Waals surface area contributed by atoms with Gasteiger partial charge in [0.15, 0.2) is 0 Å². The molecular formula is C13H11F2NO2S. The number of nitrogens with two attached hydrogens (primary N) is 1. The third kappa shape index (κ3) is 2.44. The number of hydrogen-bond donors (Lipinski definition) is 1. The van der Waals surface area contributed by atoms with Gasteiger partial charge in [-0.25, -0.2) is 13.6 Å². The van der Waals surface area contributed by atoms with E-state index in [4.69, 9.17) is 5.73 Å². The van der Waals surface area contributed by atoms with Crippen molar-refractivity contribution in [1.29, 1.82) is 0 Å². The minimum Gasteiger partial charge on any atom is -0.465 e. The maximum Gasteiger partial charge on any atom is 0.350 e. The zero-order valence-corrected chi connectivity index (χ0v) is 11.1. The molecule has 0 aliphatic carbocycles. The Morgan fingerprint density at radius 2 is 1.84 bits per heavy atom. The Bertz CT molecular complexity index is 632. The summed E-state index contributed by atoms with van der Waals surface area (Å²) in [5.74, 6) is -1.92. The van der Waals surface area contributed by atoms with Crippen molar-refractivity contribution in [3.8, 4) is 10.4 Å². The van der Waals surface area contributed by atoms with Gasteiger partial charge in [0.1, 0.15) is 16.5 Å². The number of thiophene rings is 1. The predicted octanol–water partition coefficient (Wildman–Crippen LogP) is 3.37. The summed E-state index contributed by atoms with van der Waals surface area (Å²) in [6.45, 7) is 1.69. The summed E-state index contributed by atoms with van der Waals surface area (Å²) in [6.07, 6.45) is 0. The van der Waals surface area contributed by atoms with Gasteiger partial charge in [0.2, 0.25) is 0 Å². The first-order valence-corrected chi connectivity index (χ1v) is 6.19. The normalized spacial score (nSPS) is 10.5. The Morgan fingerprint density at radius 1 is 1.26 bits per heavy atom. The summed E-state index contributed by atoms with van der Waals surface area (Å²) >= 11 is 1.06. The Balaban J connectivity index is 2.60. The van der Waals surface area contributed by atoms with Crippen molar-refractivity contribution in [1.82, 2.24) is 0 Å². The Labute approximate surface area is 112 Å². The fraction of sp³-hybridized carbons (Fsp3) is 0.154. The third-order valence-corrected chi connectivity index (χ3v) is 4.03. The van der Waals surface area contributed by atoms with Gasteiger partial charge in [0.05, 0.1) is 12.8 Å². The fourth-order valence-corrected chi connectivity index (χ4v) is 2.86. The molecule has 0 saturated carbocycles. The highest BCUT2D eigenvalue weighted by molar-refractivity contribution is 7.18. The zero-order valence-electron chi connectivity index (χ0n) is 10.3. The lowest BCUT2D eigenvalue weighted by Gasteiger charge is -2.01. The van der Waals surface area contributed by atoms with Gasteiger partial charge in [-0.05, 0) is 30.2 Å². The lowest BCUT2D eigenvalue weighted by molar-refractivity contribution is 0.0607. The first-order valence-electron chi connectivity index (χ1n) is 5.37. The molecule has 100 valence electrons. The Morgan fingerprint density at radius 3 is 2.37 bits per heavy atom. The van der Waals surface area contributed by atoms with Crippen molar-refractivity contribution in [3.63, 3.8) is 0 Å². The van der Waals surface area contributed by atoms with Crippen molar-refractivity contribution >= 4 is 23.0 Å². The van der Waals surface area contributed by atoms with E-state index < -0.39 is 17.6 Å². The van der Waals surface area contributed by atoms with Gasteiger partial charge >= 0.3 is 5.97 Å². The van der Waals surface area contributed by atoms with Gasteiger partial charge in [0, 0.05) is 10.9 Å². The van der Waals surface area contributed by atoms with Crippen molar-refractivity contribution in [2.45, 2.75) is 6.92 Å². The molecule has 0 aliphatic rings. The number of benzene rings is 1. The van der Waals surface area contributed by atoms with Crippen molar-refractivity contribution in [3.05, 3.63) is 40.3 Å². The van der Waals surface area contributed by atoms with Crippen LogP contribution in [0.3, 0.4) is 0 Å². The van der Waals surface area contributed by atoms with E-state index in [0.717, 1.165) is 17.4 Å². The smallest absolute Gasteiger partial charge is 0.350 e. The number of esters is 1. The molecule has 19 heavy (non-hydrogen) atoms. The van der Waals surface area contributed by atoms with E-state index in [1.54, 1.807) is 6.92 Å². The van der Waals surface area contributed by atoms with E-state index in [1.807, 2.05) is 0 Å². The molecule has 0 bridgehead atoms. The fourth-order valence-electron chi connectivity index (χ4n) is 1.73. The van der Waals surface area contributed by atoms with E-state index in [2.05, 4.69) is 4.74 Å². The summed E-state index contributed by atoms with van der Waals surface area (Å²) < 4.78 is 31.1. The number of methoxy groups -OCH3 is 1. The molecular weight excluding hydrogens is 272 g/mol. The van der Waals surface area contributed by atoms with Crippen molar-refractivity contribution < 1.29 is 18.3 Å². The van der Waals surface area contributed by atoms with Crippen LogP contribution in [0.25, 0.3) is 10.4 Å². The predicted molar refractivity (Wildman–Crippen MR) is 70.2 cm³/mol. The van der Waals surface area contributed by atoms with E-state index in [-0.39, 0.29) is 10.6 Å². The van der Waals surface area contributed by atoms with Crippen LogP contribution in [-0.2, 0) is 4.74 Å². The minimum absolute atomic E-state index is 0.236. The van der Waals surface area contributed by atoms with Crippen LogP contribution in [-0.4, -0.2) is 13.1 Å². The number of anilines is 1. The molecule has 1 aromatic heterocycles. The van der Waals surface area contributed by atoms with Gasteiger partial charge < -0.3 is 10.5 Å². The number of carbonyl (C=O) groups is 1. The largest absolute Gasteiger partial charge is 0.465 e. The maximum absolute atomic E-state index is 13.2. The molecule has 2 aromatic rings. The lowest BCUT2D eigenvalue weighted by atomic mass is 10.1. The molecule has 2 N–H and O–H groups in total. The molecule has 0 unspecified atom stereocenters. The van der Waals surface area contributed by atoms with E-state index in [1.165, 1.54) is 19.2 Å². The van der Waals surface area contributed by atoms with Crippen LogP contribution in [0.2, 0.25) is 0 Å². The second-order valence-electron chi connectivity index (χ2n) is 3.95. The number of halogens is 2. The number of carbonyl (C=O) groups excluding carboxylic acids is 1. The van der Waals surface area contributed by atoms with Gasteiger partial charge in [0.25, 0.3) is 0 Å². The van der Waals surface area contributed by atoms with Gasteiger partial charge in [-0.2, -0.15) is 0 Å². The van der Waals surface area contributed by atoms with E-state index >= 15 is 0 Å². The van der Waals surface area contributed by atoms with Gasteiger partial charge in [-0.15, -0.1) is 11.3 Å². The SMILES string of the molecule is COC(=O)c1sc(-c2cc(F)cc(F)c2)c(C)c1N. The summed E-state index contributed by atoms with van der Waals surface area (Å²) in [4.78, 5) is 12.3. The van der Waals surface area contributed by atoms with Crippen LogP contribution in [0.4, 0.5) is 14.5 Å². The summed E-state index contributed by atoms with van der Waals surface area (Å²) in [5.41, 5.74) is 7.05. The standard InChI is InChI=1S/C13H11F2NO2S/c1-6-10(16)12(13(17)18-2)19-11(6)7-3-8(14)5-9(15)4-7/h3-5H,16H2,1-2H3. The first-order chi connectivity index (χ1) is 8.93. The van der Waals surface area contributed by atoms with Gasteiger partial charge in [-0.3, -0.25) is 0 Å². The molecule has 2 rings (SSSR count). The third-order valence-electron chi connectivity index (χ3n) is 2.69. The number of rotatable bonds is 2. The molecule has 0 aliphatic heterocycles. The van der Waals surface area contributed by atoms with E-state index in [9.17, 15) is 13.6 Å². The maximum atomic E-state index is 13.2. The number of hydrogen-bond acceptors (Lipinski definition) is 4. The summed E-state index contributed by atoms with van der Waals surface area (Å²) in [6, 6.07) is 3.18. The molecule has 1 heterocycles. The van der Waals surface area contributed by atoms with Crippen LogP contribution >= 0.6 is 11.3 Å². The minimum atomic E-state index is -0.680. The second kappa shape index (κ2) is 4.97. The molecule has 0 fully saturated rings. The average Bonchev–Trinajstić information content (AvgIpc) is 2.64. The molecule has 0 atom stereocenters. The van der Waals surface area contributed by atoms with Crippen molar-refractivity contribution in [2.75, 3.05) is 12.8 Å². The first kappa shape index (κ1) is 13.5. The number of nitrogen functional groups attached to an aromatic ring is 1. The van der Waals surface area contributed by atoms with Crippen LogP contribution in [0.1, 0.15) is 15.2 Å². The zero-order chi connectivity index (χ0) is 14.2. The lowest BCUT2D eigenvalue weighted by Crippen LogP contribution is -2.01. The molecule has 3 nitrogen and oxygen atoms in total. The molecule has 0 spiro atoms. The summed E-state index contributed by atoms with van der Waals surface area (Å²) in [5, 5.41) is 0. The topological polar surface area (TPSA) is 52.3 Å². The van der Waals surface area contributed by atoms with Crippen LogP contribution in [0.5, 0.6) is 0 Å². The highest BCUT2D eigenvalue weighted by Crippen LogP contribution is 2.38. The summed E-state index contributed by atoms with van der Waals surface area (Å²) in [7, 11) is 1.25. The highest BCUT2D eigenvalue weighted by atomic mass is 32.1. The molecule has 0 radical (unpaired) electrons. The second-order valence-corrected chi connectivity index (χ2v) is 4.97. The Hall–Kier alpha value is -1.95. The highest BCUT2D eigenvalue weighted by Gasteiger charge is 2.20. The van der Waals surface area contributed by atoms with Crippen molar-refractivity contribution in [2.24, 2.45) is 0 Å². The van der Waals surface area contributed by atoms with Crippen LogP contribution in [0, 0.1) is 18.6 Å². The average molecular weight is 283 g/mol.